The average Bonchev–Trinajstić information content (AvgIpc) is 2.12. The summed E-state index contributed by atoms with van der Waals surface area (Å²) in [4.78, 5) is 14.3. The van der Waals surface area contributed by atoms with Crippen LogP contribution in [0.15, 0.2) is 4.99 Å². The summed E-state index contributed by atoms with van der Waals surface area (Å²) in [5.74, 6) is -0.258. The zero-order chi connectivity index (χ0) is 8.48. The van der Waals surface area contributed by atoms with Gasteiger partial charge in [-0.05, 0) is 0 Å². The van der Waals surface area contributed by atoms with E-state index in [0.29, 0.717) is 0 Å². The van der Waals surface area contributed by atoms with Crippen molar-refractivity contribution in [1.29, 1.82) is 0 Å². The molecule has 0 aromatic carbocycles. The van der Waals surface area contributed by atoms with Gasteiger partial charge in [0.1, 0.15) is 4.58 Å². The molecule has 1 aliphatic heterocycles. The minimum absolute atomic E-state index is 0.258. The molecule has 0 saturated carbocycles. The largest absolute Gasteiger partial charge is 0.270 e. The van der Waals surface area contributed by atoms with Gasteiger partial charge in [0, 0.05) is 0 Å². The molecule has 1 rings (SSSR count). The Balaban J connectivity index is 2.46. The number of thioether (sulfide) groups is 2. The van der Waals surface area contributed by atoms with Crippen LogP contribution in [0, 0.1) is 0 Å². The second kappa shape index (κ2) is 3.75. The Morgan fingerprint density at radius 2 is 2.27 bits per heavy atom. The summed E-state index contributed by atoms with van der Waals surface area (Å²) in [6.07, 6.45) is 0. The Morgan fingerprint density at radius 3 is 2.64 bits per heavy atom. The number of hydrogen-bond donors (Lipinski definition) is 0. The Hall–Kier alpha value is 0.910. The molecule has 0 bridgehead atoms. The van der Waals surface area contributed by atoms with Gasteiger partial charge < -0.3 is 0 Å². The van der Waals surface area contributed by atoms with Crippen LogP contribution in [0.25, 0.3) is 0 Å². The third kappa shape index (κ3) is 3.42. The van der Waals surface area contributed by atoms with Gasteiger partial charge in [0.15, 0.2) is 0 Å². The van der Waals surface area contributed by atoms with E-state index in [1.807, 2.05) is 0 Å². The molecule has 0 fully saturated rings. The van der Waals surface area contributed by atoms with Gasteiger partial charge in [0.05, 0.1) is 5.55 Å². The number of nitrogens with zero attached hydrogens (tertiary/aromatic N) is 1. The van der Waals surface area contributed by atoms with Crippen molar-refractivity contribution < 1.29 is 4.79 Å². The van der Waals surface area contributed by atoms with Gasteiger partial charge >= 0.3 is 0 Å². The zero-order valence-corrected chi connectivity index (χ0v) is 8.86. The van der Waals surface area contributed by atoms with Gasteiger partial charge in [-0.2, -0.15) is 0 Å². The highest BCUT2D eigenvalue weighted by atomic mass is 35.6. The van der Waals surface area contributed by atoms with Crippen LogP contribution in [0.1, 0.15) is 0 Å². The van der Waals surface area contributed by atoms with Gasteiger partial charge in [-0.3, -0.25) is 4.79 Å². The smallest absolute Gasteiger partial charge is 0.269 e. The van der Waals surface area contributed by atoms with Crippen LogP contribution >= 0.6 is 58.3 Å². The van der Waals surface area contributed by atoms with E-state index < -0.39 is 7.71 Å². The summed E-state index contributed by atoms with van der Waals surface area (Å²) in [6, 6.07) is 0. The van der Waals surface area contributed by atoms with Crippen LogP contribution < -0.4 is 0 Å². The van der Waals surface area contributed by atoms with Gasteiger partial charge in [-0.15, -0.1) is 0 Å². The first-order chi connectivity index (χ1) is 4.99. The van der Waals surface area contributed by atoms with Gasteiger partial charge in [0.25, 0.3) is 5.91 Å². The summed E-state index contributed by atoms with van der Waals surface area (Å²) < 4.78 is -1.84. The fourth-order valence-corrected chi connectivity index (χ4v) is 3.39. The molecule has 0 aromatic rings. The summed E-state index contributed by atoms with van der Waals surface area (Å²) in [7, 11) is 0. The van der Waals surface area contributed by atoms with E-state index in [9.17, 15) is 4.79 Å². The van der Waals surface area contributed by atoms with Crippen molar-refractivity contribution >= 4 is 69.8 Å². The fraction of sp³-hybridized carbons (Fsp3) is 0.500. The molecular weight excluding hydrogens is 249 g/mol. The Labute approximate surface area is 87.0 Å². The number of hydrogen-bond acceptors (Lipinski definition) is 3. The Bertz CT molecular complexity index is 202. The molecule has 11 heavy (non-hydrogen) atoms. The third-order valence-electron chi connectivity index (χ3n) is 0.807. The van der Waals surface area contributed by atoms with Gasteiger partial charge in [0.2, 0.25) is 3.12 Å². The summed E-state index contributed by atoms with van der Waals surface area (Å²) >= 11 is 18.6. The van der Waals surface area contributed by atoms with Crippen LogP contribution in [0.4, 0.5) is 0 Å². The van der Waals surface area contributed by atoms with Crippen molar-refractivity contribution in [2.75, 3.05) is 0 Å². The monoisotopic (exact) mass is 249 g/mol. The van der Waals surface area contributed by atoms with Crippen molar-refractivity contribution in [3.63, 3.8) is 0 Å². The predicted molar refractivity (Wildman–Crippen MR) is 52.8 cm³/mol. The summed E-state index contributed by atoms with van der Waals surface area (Å²) in [6.45, 7) is 0. The van der Waals surface area contributed by atoms with Crippen molar-refractivity contribution in [1.82, 2.24) is 0 Å². The molecule has 0 aromatic heterocycles. The van der Waals surface area contributed by atoms with Crippen molar-refractivity contribution in [2.45, 2.75) is 7.71 Å². The highest BCUT2D eigenvalue weighted by Crippen LogP contribution is 2.45. The first kappa shape index (κ1) is 9.99. The van der Waals surface area contributed by atoms with Crippen LogP contribution in [0.3, 0.4) is 0 Å². The van der Waals surface area contributed by atoms with E-state index in [4.69, 9.17) is 34.8 Å². The maximum Gasteiger partial charge on any atom is 0.269 e. The van der Waals surface area contributed by atoms with Crippen molar-refractivity contribution in [2.24, 2.45) is 4.99 Å². The van der Waals surface area contributed by atoms with Crippen molar-refractivity contribution in [3.05, 3.63) is 0 Å². The zero-order valence-electron chi connectivity index (χ0n) is 4.96. The fourth-order valence-electron chi connectivity index (χ4n) is 0.456. The predicted octanol–water partition coefficient (Wildman–Crippen LogP) is 2.68. The van der Waals surface area contributed by atoms with Crippen LogP contribution in [0.2, 0.25) is 0 Å². The SMILES string of the molecule is O=C1N=CSC1SC(Cl)(Cl)Cl. The lowest BCUT2D eigenvalue weighted by atomic mass is 10.7. The molecule has 0 N–H and O–H groups in total. The highest BCUT2D eigenvalue weighted by Gasteiger charge is 2.32. The standard InChI is InChI=1S/C4H2Cl3NOS2/c5-4(6,7)11-3-2(9)8-1-10-3/h1,3H. The number of aliphatic imine (C=N–C) groups is 1. The number of halogens is 3. The molecule has 0 radical (unpaired) electrons. The van der Waals surface area contributed by atoms with Crippen molar-refractivity contribution in [3.8, 4) is 0 Å². The Kier molecular flexibility index (Phi) is 3.40. The second-order valence-electron chi connectivity index (χ2n) is 1.60. The minimum Gasteiger partial charge on any atom is -0.270 e. The van der Waals surface area contributed by atoms with Gasteiger partial charge in [-0.1, -0.05) is 58.3 Å². The summed E-state index contributed by atoms with van der Waals surface area (Å²) in [5, 5.41) is 0. The molecule has 2 nitrogen and oxygen atoms in total. The first-order valence-electron chi connectivity index (χ1n) is 2.45. The molecule has 0 aliphatic carbocycles. The summed E-state index contributed by atoms with van der Waals surface area (Å²) in [5.41, 5.74) is 1.45. The number of alkyl halides is 3. The Morgan fingerprint density at radius 1 is 1.64 bits per heavy atom. The minimum atomic E-state index is -1.44. The van der Waals surface area contributed by atoms with E-state index in [1.54, 1.807) is 0 Å². The lowest BCUT2D eigenvalue weighted by molar-refractivity contribution is -0.115. The maximum absolute atomic E-state index is 10.8. The number of amides is 1. The molecule has 1 aliphatic rings. The molecule has 1 amide bonds. The topological polar surface area (TPSA) is 29.4 Å². The lowest BCUT2D eigenvalue weighted by Crippen LogP contribution is -2.10. The molecule has 1 heterocycles. The molecule has 0 saturated heterocycles. The molecule has 1 unspecified atom stereocenters. The van der Waals surface area contributed by atoms with Crippen LogP contribution in [-0.4, -0.2) is 19.2 Å². The normalized spacial score (nSPS) is 24.6. The highest BCUT2D eigenvalue weighted by molar-refractivity contribution is 8.26. The number of carbonyl (C=O) groups excluding carboxylic acids is 1. The maximum atomic E-state index is 10.8. The third-order valence-corrected chi connectivity index (χ3v) is 3.59. The number of carbonyl (C=O) groups is 1. The molecule has 1 atom stereocenters. The second-order valence-corrected chi connectivity index (χ2v) is 7.13. The van der Waals surface area contributed by atoms with Crippen LogP contribution in [-0.2, 0) is 4.79 Å². The quantitative estimate of drug-likeness (QED) is 0.670. The van der Waals surface area contributed by atoms with Crippen LogP contribution in [0.5, 0.6) is 0 Å². The molecule has 62 valence electrons. The first-order valence-corrected chi connectivity index (χ1v) is 5.41. The lowest BCUT2D eigenvalue weighted by Gasteiger charge is -2.12. The number of rotatable bonds is 1. The van der Waals surface area contributed by atoms with E-state index >= 15 is 0 Å². The van der Waals surface area contributed by atoms with E-state index in [1.165, 1.54) is 17.3 Å². The van der Waals surface area contributed by atoms with E-state index in [0.717, 1.165) is 11.8 Å². The molecule has 7 heteroatoms. The van der Waals surface area contributed by atoms with E-state index in [-0.39, 0.29) is 5.91 Å². The van der Waals surface area contributed by atoms with E-state index in [2.05, 4.69) is 4.99 Å². The molecular formula is C4H2Cl3NOS2. The molecule has 0 spiro atoms. The average molecular weight is 251 g/mol. The van der Waals surface area contributed by atoms with Gasteiger partial charge in [-0.25, -0.2) is 4.99 Å².